The first-order valence-corrected chi connectivity index (χ1v) is 8.30. The Morgan fingerprint density at radius 1 is 1.30 bits per heavy atom. The summed E-state index contributed by atoms with van der Waals surface area (Å²) in [5.41, 5.74) is 2.59. The zero-order valence-corrected chi connectivity index (χ0v) is 13.9. The molecule has 5 heteroatoms. The van der Waals surface area contributed by atoms with E-state index >= 15 is 0 Å². The molecule has 0 spiro atoms. The van der Waals surface area contributed by atoms with Crippen LogP contribution in [0.15, 0.2) is 18.2 Å². The van der Waals surface area contributed by atoms with Crippen molar-refractivity contribution in [3.8, 4) is 5.75 Å². The molecule has 0 N–H and O–H groups in total. The van der Waals surface area contributed by atoms with Crippen molar-refractivity contribution in [2.45, 2.75) is 25.4 Å². The van der Waals surface area contributed by atoms with Crippen LogP contribution in [0.25, 0.3) is 0 Å². The van der Waals surface area contributed by atoms with Crippen LogP contribution in [0, 0.1) is 5.92 Å². The number of ether oxygens (including phenoxy) is 3. The number of carbonyl (C=O) groups excluding carboxylic acids is 1. The number of benzene rings is 1. The Morgan fingerprint density at radius 3 is 2.78 bits per heavy atom. The molecule has 23 heavy (non-hydrogen) atoms. The number of esters is 1. The van der Waals surface area contributed by atoms with E-state index in [1.165, 1.54) is 18.2 Å². The Morgan fingerprint density at radius 2 is 2.09 bits per heavy atom. The summed E-state index contributed by atoms with van der Waals surface area (Å²) in [6.45, 7) is 3.48. The van der Waals surface area contributed by atoms with E-state index in [1.807, 2.05) is 6.07 Å². The summed E-state index contributed by atoms with van der Waals surface area (Å²) < 4.78 is 16.2. The fourth-order valence-corrected chi connectivity index (χ4v) is 3.54. The quantitative estimate of drug-likeness (QED) is 0.796. The van der Waals surface area contributed by atoms with Crippen molar-refractivity contribution in [2.24, 2.45) is 5.92 Å². The van der Waals surface area contributed by atoms with Crippen molar-refractivity contribution in [3.05, 3.63) is 29.3 Å². The predicted octanol–water partition coefficient (Wildman–Crippen LogP) is 2.19. The molecule has 3 rings (SSSR count). The van der Waals surface area contributed by atoms with E-state index in [1.54, 1.807) is 7.11 Å². The van der Waals surface area contributed by atoms with Crippen LogP contribution in [-0.2, 0) is 20.7 Å². The first-order valence-electron chi connectivity index (χ1n) is 8.30. The molecule has 0 aromatic heterocycles. The van der Waals surface area contributed by atoms with Gasteiger partial charge in [-0.05, 0) is 55.6 Å². The third-order valence-electron chi connectivity index (χ3n) is 4.93. The van der Waals surface area contributed by atoms with Gasteiger partial charge < -0.3 is 19.1 Å². The average molecular weight is 319 g/mol. The Balaban J connectivity index is 1.61. The molecule has 1 aromatic carbocycles. The molecule has 2 aliphatic heterocycles. The highest BCUT2D eigenvalue weighted by atomic mass is 16.5. The number of piperidine rings is 1. The highest BCUT2D eigenvalue weighted by Gasteiger charge is 2.29. The summed E-state index contributed by atoms with van der Waals surface area (Å²) in [6.07, 6.45) is 2.79. The van der Waals surface area contributed by atoms with Gasteiger partial charge in [0.1, 0.15) is 5.75 Å². The molecular formula is C18H25NO4. The highest BCUT2D eigenvalue weighted by Crippen LogP contribution is 2.31. The third kappa shape index (κ3) is 3.67. The largest absolute Gasteiger partial charge is 0.497 e. The van der Waals surface area contributed by atoms with Gasteiger partial charge >= 0.3 is 5.97 Å². The monoisotopic (exact) mass is 319 g/mol. The summed E-state index contributed by atoms with van der Waals surface area (Å²) in [5.74, 6) is 0.888. The standard InChI is InChI=1S/C18H25NO4/c1-21-15-3-4-16-14(11-15)7-10-23-17(16)12-19-8-5-13(6-9-19)18(20)22-2/h3-4,11,13,17H,5-10,12H2,1-2H3. The van der Waals surface area contributed by atoms with Gasteiger partial charge in [0.15, 0.2) is 0 Å². The summed E-state index contributed by atoms with van der Waals surface area (Å²) in [7, 11) is 3.17. The van der Waals surface area contributed by atoms with Crippen LogP contribution in [0.2, 0.25) is 0 Å². The lowest BCUT2D eigenvalue weighted by Crippen LogP contribution is -2.40. The molecule has 0 amide bonds. The van der Waals surface area contributed by atoms with Gasteiger partial charge in [-0.25, -0.2) is 0 Å². The van der Waals surface area contributed by atoms with Crippen molar-refractivity contribution in [3.63, 3.8) is 0 Å². The molecular weight excluding hydrogens is 294 g/mol. The molecule has 1 aromatic rings. The summed E-state index contributed by atoms with van der Waals surface area (Å²) in [4.78, 5) is 14.0. The van der Waals surface area contributed by atoms with Crippen molar-refractivity contribution in [1.29, 1.82) is 0 Å². The number of hydrogen-bond donors (Lipinski definition) is 0. The van der Waals surface area contributed by atoms with Gasteiger partial charge in [0.2, 0.25) is 0 Å². The Bertz CT molecular complexity index is 552. The molecule has 126 valence electrons. The number of rotatable bonds is 4. The van der Waals surface area contributed by atoms with E-state index in [9.17, 15) is 4.79 Å². The Kier molecular flexibility index (Phi) is 5.18. The molecule has 0 bridgehead atoms. The zero-order chi connectivity index (χ0) is 16.2. The maximum absolute atomic E-state index is 11.6. The maximum atomic E-state index is 11.6. The number of hydrogen-bond acceptors (Lipinski definition) is 5. The number of carbonyl (C=O) groups is 1. The number of nitrogens with zero attached hydrogens (tertiary/aromatic N) is 1. The molecule has 2 heterocycles. The number of fused-ring (bicyclic) bond motifs is 1. The Hall–Kier alpha value is -1.59. The van der Waals surface area contributed by atoms with Crippen LogP contribution >= 0.6 is 0 Å². The molecule has 1 saturated heterocycles. The lowest BCUT2D eigenvalue weighted by Gasteiger charge is -2.35. The van der Waals surface area contributed by atoms with Gasteiger partial charge in [-0.15, -0.1) is 0 Å². The summed E-state index contributed by atoms with van der Waals surface area (Å²) in [5, 5.41) is 0. The van der Waals surface area contributed by atoms with E-state index in [2.05, 4.69) is 17.0 Å². The van der Waals surface area contributed by atoms with Gasteiger partial charge in [0, 0.05) is 6.54 Å². The van der Waals surface area contributed by atoms with Gasteiger partial charge in [-0.1, -0.05) is 6.07 Å². The second-order valence-electron chi connectivity index (χ2n) is 6.27. The van der Waals surface area contributed by atoms with Crippen LogP contribution in [0.3, 0.4) is 0 Å². The average Bonchev–Trinajstić information content (AvgIpc) is 2.61. The van der Waals surface area contributed by atoms with Gasteiger partial charge in [0.05, 0.1) is 32.8 Å². The fourth-order valence-electron chi connectivity index (χ4n) is 3.54. The number of likely N-dealkylation sites (tertiary alicyclic amines) is 1. The van der Waals surface area contributed by atoms with Crippen LogP contribution in [0.4, 0.5) is 0 Å². The minimum atomic E-state index is -0.0731. The Labute approximate surface area is 137 Å². The summed E-state index contributed by atoms with van der Waals surface area (Å²) >= 11 is 0. The van der Waals surface area contributed by atoms with E-state index in [-0.39, 0.29) is 18.0 Å². The molecule has 1 unspecified atom stereocenters. The molecule has 1 atom stereocenters. The molecule has 2 aliphatic rings. The zero-order valence-electron chi connectivity index (χ0n) is 13.9. The van der Waals surface area contributed by atoms with Crippen molar-refractivity contribution in [2.75, 3.05) is 40.5 Å². The van der Waals surface area contributed by atoms with E-state index < -0.39 is 0 Å². The lowest BCUT2D eigenvalue weighted by atomic mass is 9.94. The predicted molar refractivity (Wildman–Crippen MR) is 86.6 cm³/mol. The van der Waals surface area contributed by atoms with Crippen LogP contribution in [-0.4, -0.2) is 51.3 Å². The van der Waals surface area contributed by atoms with Crippen LogP contribution in [0.5, 0.6) is 5.75 Å². The SMILES string of the molecule is COC(=O)C1CCN(CC2OCCc3cc(OC)ccc32)CC1. The molecule has 5 nitrogen and oxygen atoms in total. The van der Waals surface area contributed by atoms with Gasteiger partial charge in [0.25, 0.3) is 0 Å². The molecule has 0 radical (unpaired) electrons. The minimum absolute atomic E-state index is 0.0556. The van der Waals surface area contributed by atoms with Crippen molar-refractivity contribution < 1.29 is 19.0 Å². The molecule has 0 aliphatic carbocycles. The van der Waals surface area contributed by atoms with E-state index in [4.69, 9.17) is 14.2 Å². The fraction of sp³-hybridized carbons (Fsp3) is 0.611. The van der Waals surface area contributed by atoms with Gasteiger partial charge in [-0.3, -0.25) is 4.79 Å². The van der Waals surface area contributed by atoms with Crippen LogP contribution < -0.4 is 4.74 Å². The molecule has 0 saturated carbocycles. The topological polar surface area (TPSA) is 48.0 Å². The van der Waals surface area contributed by atoms with Crippen LogP contribution in [0.1, 0.15) is 30.1 Å². The molecule has 1 fully saturated rings. The number of methoxy groups -OCH3 is 2. The van der Waals surface area contributed by atoms with Crippen molar-refractivity contribution in [1.82, 2.24) is 4.90 Å². The first-order chi connectivity index (χ1) is 11.2. The van der Waals surface area contributed by atoms with Gasteiger partial charge in [-0.2, -0.15) is 0 Å². The smallest absolute Gasteiger partial charge is 0.308 e. The normalized spacial score (nSPS) is 22.4. The first kappa shape index (κ1) is 16.3. The maximum Gasteiger partial charge on any atom is 0.308 e. The highest BCUT2D eigenvalue weighted by molar-refractivity contribution is 5.72. The third-order valence-corrected chi connectivity index (χ3v) is 4.93. The van der Waals surface area contributed by atoms with E-state index in [0.29, 0.717) is 0 Å². The van der Waals surface area contributed by atoms with E-state index in [0.717, 1.165) is 51.3 Å². The second-order valence-corrected chi connectivity index (χ2v) is 6.27. The minimum Gasteiger partial charge on any atom is -0.497 e. The lowest BCUT2D eigenvalue weighted by molar-refractivity contribution is -0.147. The second kappa shape index (κ2) is 7.32. The summed E-state index contributed by atoms with van der Waals surface area (Å²) in [6, 6.07) is 6.25. The van der Waals surface area contributed by atoms with Crippen molar-refractivity contribution >= 4 is 5.97 Å².